The van der Waals surface area contributed by atoms with Crippen LogP contribution in [0.1, 0.15) is 34.1 Å². The van der Waals surface area contributed by atoms with E-state index in [4.69, 9.17) is 4.74 Å². The fourth-order valence-corrected chi connectivity index (χ4v) is 2.43. The van der Waals surface area contributed by atoms with Crippen LogP contribution in [0.2, 0.25) is 0 Å². The lowest BCUT2D eigenvalue weighted by molar-refractivity contribution is -0.954. The predicted molar refractivity (Wildman–Crippen MR) is 52.9 cm³/mol. The summed E-state index contributed by atoms with van der Waals surface area (Å²) in [5.41, 5.74) is -1.25. The van der Waals surface area contributed by atoms with Gasteiger partial charge in [0.15, 0.2) is 11.9 Å². The van der Waals surface area contributed by atoms with Crippen LogP contribution in [0.15, 0.2) is 0 Å². The third kappa shape index (κ3) is 1.58. The smallest absolute Gasteiger partial charge is 0.174 e. The van der Waals surface area contributed by atoms with Gasteiger partial charge in [-0.05, 0) is 27.7 Å². The monoisotopic (exact) mass is 201 g/mol. The highest BCUT2D eigenvalue weighted by atomic mass is 16.5. The average molecular weight is 201 g/mol. The number of ketones is 1. The molecule has 0 spiro atoms. The summed E-state index contributed by atoms with van der Waals surface area (Å²) in [5, 5.41) is 12.2. The lowest BCUT2D eigenvalue weighted by Gasteiger charge is -2.54. The second-order valence-corrected chi connectivity index (χ2v) is 5.19. The van der Waals surface area contributed by atoms with Crippen LogP contribution in [0.3, 0.4) is 0 Å². The normalized spacial score (nSPS) is 35.7. The van der Waals surface area contributed by atoms with Gasteiger partial charge in [0, 0.05) is 7.11 Å². The molecular weight excluding hydrogens is 182 g/mol. The van der Waals surface area contributed by atoms with E-state index in [1.165, 1.54) is 7.11 Å². The number of piperidine rings is 1. The topological polar surface area (TPSA) is 53.8 Å². The minimum absolute atomic E-state index is 0.0297. The molecule has 2 atom stereocenters. The number of quaternary nitrogens is 1. The molecular formula is C10H19NO3. The van der Waals surface area contributed by atoms with Gasteiger partial charge in [0.25, 0.3) is 0 Å². The van der Waals surface area contributed by atoms with Crippen LogP contribution in [0.25, 0.3) is 0 Å². The number of hydrogen-bond acceptors (Lipinski definition) is 3. The zero-order valence-corrected chi connectivity index (χ0v) is 9.51. The fraction of sp³-hybridized carbons (Fsp3) is 0.900. The van der Waals surface area contributed by atoms with Crippen LogP contribution in [0.4, 0.5) is 0 Å². The summed E-state index contributed by atoms with van der Waals surface area (Å²) >= 11 is 0. The Morgan fingerprint density at radius 2 is 1.93 bits per heavy atom. The van der Waals surface area contributed by atoms with Gasteiger partial charge in [-0.25, -0.2) is 0 Å². The van der Waals surface area contributed by atoms with Crippen molar-refractivity contribution in [1.82, 2.24) is 0 Å². The number of carbonyl (C=O) groups excluding carboxylic acids is 1. The molecule has 1 aliphatic heterocycles. The van der Waals surface area contributed by atoms with Crippen LogP contribution in [-0.4, -0.2) is 30.1 Å². The van der Waals surface area contributed by atoms with Crippen LogP contribution in [0.5, 0.6) is 0 Å². The predicted octanol–water partition coefficient (Wildman–Crippen LogP) is -0.0859. The molecule has 1 rings (SSSR count). The first kappa shape index (κ1) is 11.6. The quantitative estimate of drug-likeness (QED) is 0.603. The number of ether oxygens (including phenoxy) is 1. The van der Waals surface area contributed by atoms with Crippen molar-refractivity contribution >= 4 is 5.78 Å². The Labute approximate surface area is 84.8 Å². The molecule has 0 aromatic rings. The molecule has 0 bridgehead atoms. The zero-order chi connectivity index (χ0) is 11.1. The zero-order valence-electron chi connectivity index (χ0n) is 9.51. The first-order valence-electron chi connectivity index (χ1n) is 4.84. The fourth-order valence-electron chi connectivity index (χ4n) is 2.43. The molecule has 1 aliphatic rings. The van der Waals surface area contributed by atoms with Crippen molar-refractivity contribution in [2.75, 3.05) is 7.11 Å². The van der Waals surface area contributed by atoms with Gasteiger partial charge in [0.1, 0.15) is 5.54 Å². The van der Waals surface area contributed by atoms with Gasteiger partial charge < -0.3 is 15.0 Å². The Balaban J connectivity index is 3.04. The summed E-state index contributed by atoms with van der Waals surface area (Å²) in [6.07, 6.45) is -0.295. The van der Waals surface area contributed by atoms with E-state index in [2.05, 4.69) is 0 Å². The minimum atomic E-state index is -0.701. The van der Waals surface area contributed by atoms with Gasteiger partial charge in [0.05, 0.1) is 12.0 Å². The minimum Gasteiger partial charge on any atom is -0.633 e. The number of carbonyl (C=O) groups is 1. The molecule has 0 aromatic heterocycles. The van der Waals surface area contributed by atoms with E-state index in [0.717, 1.165) is 0 Å². The van der Waals surface area contributed by atoms with Crippen molar-refractivity contribution in [3.8, 4) is 0 Å². The van der Waals surface area contributed by atoms with Gasteiger partial charge >= 0.3 is 0 Å². The molecule has 2 unspecified atom stereocenters. The maximum atomic E-state index is 12.1. The Morgan fingerprint density at radius 1 is 1.43 bits per heavy atom. The molecule has 1 saturated heterocycles. The van der Waals surface area contributed by atoms with Gasteiger partial charge in [-0.3, -0.25) is 4.79 Å². The number of nitrogens with one attached hydrogen (secondary N) is 1. The molecule has 14 heavy (non-hydrogen) atoms. The second-order valence-electron chi connectivity index (χ2n) is 5.19. The van der Waals surface area contributed by atoms with Gasteiger partial charge in [0.2, 0.25) is 0 Å². The molecule has 0 amide bonds. The maximum Gasteiger partial charge on any atom is 0.174 e. The Morgan fingerprint density at radius 3 is 2.36 bits per heavy atom. The van der Waals surface area contributed by atoms with E-state index >= 15 is 0 Å². The van der Waals surface area contributed by atoms with E-state index in [1.807, 2.05) is 13.8 Å². The van der Waals surface area contributed by atoms with Crippen molar-refractivity contribution in [2.24, 2.45) is 0 Å². The molecule has 1 N–H and O–H groups in total. The first-order chi connectivity index (χ1) is 6.23. The molecule has 0 aromatic carbocycles. The molecule has 82 valence electrons. The average Bonchev–Trinajstić information content (AvgIpc) is 2.00. The van der Waals surface area contributed by atoms with E-state index in [-0.39, 0.29) is 17.3 Å². The molecule has 4 nitrogen and oxygen atoms in total. The molecule has 0 aliphatic carbocycles. The highest BCUT2D eigenvalue weighted by Gasteiger charge is 2.52. The first-order valence-corrected chi connectivity index (χ1v) is 4.84. The van der Waals surface area contributed by atoms with E-state index < -0.39 is 17.2 Å². The summed E-state index contributed by atoms with van der Waals surface area (Å²) < 4.78 is 5.11. The number of hydrogen-bond donors (Lipinski definition) is 1. The third-order valence-electron chi connectivity index (χ3n) is 3.00. The van der Waals surface area contributed by atoms with Crippen molar-refractivity contribution < 1.29 is 14.6 Å². The van der Waals surface area contributed by atoms with Crippen molar-refractivity contribution in [2.45, 2.75) is 51.3 Å². The number of rotatable bonds is 1. The Hall–Kier alpha value is -0.450. The lowest BCUT2D eigenvalue weighted by atomic mass is 9.79. The Bertz CT molecular complexity index is 248. The SMILES string of the molecule is COC1C(=O)CC(C)(C)[NH+]([O-])C1(C)C. The van der Waals surface area contributed by atoms with Crippen molar-refractivity contribution in [3.05, 3.63) is 5.21 Å². The van der Waals surface area contributed by atoms with E-state index in [0.29, 0.717) is 0 Å². The largest absolute Gasteiger partial charge is 0.633 e. The van der Waals surface area contributed by atoms with Crippen molar-refractivity contribution in [3.63, 3.8) is 0 Å². The van der Waals surface area contributed by atoms with Gasteiger partial charge in [-0.2, -0.15) is 0 Å². The summed E-state index contributed by atoms with van der Waals surface area (Å²) in [6, 6.07) is 0. The lowest BCUT2D eigenvalue weighted by Crippen LogP contribution is -3.25. The third-order valence-corrected chi connectivity index (χ3v) is 3.00. The molecule has 0 saturated carbocycles. The molecule has 4 heteroatoms. The van der Waals surface area contributed by atoms with Crippen LogP contribution in [-0.2, 0) is 9.53 Å². The van der Waals surface area contributed by atoms with E-state index in [9.17, 15) is 10.0 Å². The molecule has 1 heterocycles. The van der Waals surface area contributed by atoms with Crippen LogP contribution >= 0.6 is 0 Å². The Kier molecular flexibility index (Phi) is 2.73. The van der Waals surface area contributed by atoms with Crippen LogP contribution < -0.4 is 5.06 Å². The number of methoxy groups -OCH3 is 1. The highest BCUT2D eigenvalue weighted by molar-refractivity contribution is 5.85. The standard InChI is InChI=1S/C10H19NO3/c1-9(2)6-7(12)8(14-5)10(3,4)11(9)13/h8,11H,6H2,1-5H3. The molecule has 1 fully saturated rings. The van der Waals surface area contributed by atoms with E-state index in [1.54, 1.807) is 13.8 Å². The number of Topliss-reactive ketones (excluding diaryl/α,β-unsaturated/α-hetero) is 1. The van der Waals surface area contributed by atoms with Gasteiger partial charge in [-0.15, -0.1) is 0 Å². The summed E-state index contributed by atoms with van der Waals surface area (Å²) in [6.45, 7) is 7.20. The van der Waals surface area contributed by atoms with Crippen molar-refractivity contribution in [1.29, 1.82) is 0 Å². The molecule has 0 radical (unpaired) electrons. The van der Waals surface area contributed by atoms with Crippen LogP contribution in [0, 0.1) is 5.21 Å². The summed E-state index contributed by atoms with van der Waals surface area (Å²) in [7, 11) is 1.48. The second kappa shape index (κ2) is 3.29. The van der Waals surface area contributed by atoms with Gasteiger partial charge in [-0.1, -0.05) is 0 Å². The summed E-state index contributed by atoms with van der Waals surface area (Å²) in [5.74, 6) is 0.0297. The highest BCUT2D eigenvalue weighted by Crippen LogP contribution is 2.22. The number of hydroxylamine groups is 2. The maximum absolute atomic E-state index is 12.1. The summed E-state index contributed by atoms with van der Waals surface area (Å²) in [4.78, 5) is 11.7.